The van der Waals surface area contributed by atoms with Crippen molar-refractivity contribution in [3.63, 3.8) is 0 Å². The predicted molar refractivity (Wildman–Crippen MR) is 234 cm³/mol. The highest BCUT2D eigenvalue weighted by Gasteiger charge is 2.67. The SMILES string of the molecule is CCC1=C(C)c2nc1cc1[nH]c(cc3[nH]c(cc4nc5c2C=C(C(N)=O)C2N(C)c6ccc(C=O)cc6C4(CCC(=O)OC)C52C)c(CCC(=O)OC)c3C)c(CC)c1C. The minimum atomic E-state index is -1.12. The molecule has 0 radical (unpaired) electrons. The molecule has 310 valence electrons. The number of nitrogens with zero attached hydrogens (tertiary/aromatic N) is 3. The van der Waals surface area contributed by atoms with Gasteiger partial charge in [-0.3, -0.25) is 24.2 Å². The van der Waals surface area contributed by atoms with Gasteiger partial charge in [0.1, 0.15) is 6.29 Å². The molecule has 8 bridgehead atoms. The zero-order chi connectivity index (χ0) is 43.0. The largest absolute Gasteiger partial charge is 0.469 e. The quantitative estimate of drug-likeness (QED) is 0.107. The molecule has 4 aromatic rings. The predicted octanol–water partition coefficient (Wildman–Crippen LogP) is 7.65. The molecule has 6 heterocycles. The number of nitrogens with two attached hydrogens (primary N) is 1. The molecule has 3 atom stereocenters. The van der Waals surface area contributed by atoms with Gasteiger partial charge in [-0.15, -0.1) is 0 Å². The molecule has 0 fully saturated rings. The summed E-state index contributed by atoms with van der Waals surface area (Å²) in [4.78, 5) is 73.1. The topological polar surface area (TPSA) is 173 Å². The summed E-state index contributed by atoms with van der Waals surface area (Å²) in [6.07, 6.45) is 4.96. The molecule has 60 heavy (non-hydrogen) atoms. The number of hydrogen-bond donors (Lipinski definition) is 3. The standard InChI is InChI=1S/C48H52N6O6/c1-10-28-24(3)34-21-37-29(11-2)26(5)43(52-37)31-19-32(46(49)58)45-47(6)44(31)53-40(22-38-30(13-15-41(56)59-8)25(4)35(51-38)20-36(28)50-34)48(47,17-16-42(57)60-9)33-18-27(23-55)12-14-39(33)54(45)7/h12,14,18-23,45,50-51H,10-11,13,15-17H2,1-9H3,(H2,49,58). The van der Waals surface area contributed by atoms with Gasteiger partial charge < -0.3 is 30.1 Å². The number of amides is 1. The van der Waals surface area contributed by atoms with Crippen molar-refractivity contribution in [2.45, 2.75) is 96.9 Å². The first-order valence-electron chi connectivity index (χ1n) is 20.6. The number of hydrogen-bond acceptors (Lipinski definition) is 9. The Morgan fingerprint density at radius 3 is 2.20 bits per heavy atom. The number of methoxy groups -OCH3 is 2. The van der Waals surface area contributed by atoms with Crippen LogP contribution in [-0.4, -0.2) is 71.4 Å². The Hall–Kier alpha value is -6.30. The van der Waals surface area contributed by atoms with Crippen LogP contribution in [0.1, 0.15) is 120 Å². The van der Waals surface area contributed by atoms with E-state index in [1.807, 2.05) is 38.2 Å². The van der Waals surface area contributed by atoms with E-state index in [4.69, 9.17) is 25.2 Å². The Balaban J connectivity index is 1.65. The number of aromatic nitrogens is 4. The van der Waals surface area contributed by atoms with Crippen LogP contribution in [0.2, 0.25) is 0 Å². The zero-order valence-electron chi connectivity index (χ0n) is 35.8. The Bertz CT molecular complexity index is 2790. The second kappa shape index (κ2) is 14.8. The van der Waals surface area contributed by atoms with Gasteiger partial charge in [0.25, 0.3) is 0 Å². The molecule has 1 aromatic carbocycles. The summed E-state index contributed by atoms with van der Waals surface area (Å²) < 4.78 is 10.4. The normalized spacial score (nSPS) is 20.1. The molecule has 8 rings (SSSR count). The van der Waals surface area contributed by atoms with Crippen LogP contribution in [-0.2, 0) is 47.5 Å². The Morgan fingerprint density at radius 2 is 1.55 bits per heavy atom. The number of fused-ring (bicyclic) bond motifs is 11. The van der Waals surface area contributed by atoms with Gasteiger partial charge in [0.2, 0.25) is 5.91 Å². The summed E-state index contributed by atoms with van der Waals surface area (Å²) in [5.74, 6) is -1.32. The van der Waals surface area contributed by atoms with Gasteiger partial charge in [0.15, 0.2) is 0 Å². The number of H-pyrrole nitrogens is 2. The summed E-state index contributed by atoms with van der Waals surface area (Å²) in [5.41, 5.74) is 19.9. The summed E-state index contributed by atoms with van der Waals surface area (Å²) in [7, 11) is 4.69. The fourth-order valence-corrected chi connectivity index (χ4v) is 10.9. The van der Waals surface area contributed by atoms with Crippen LogP contribution in [0.4, 0.5) is 5.69 Å². The van der Waals surface area contributed by atoms with Gasteiger partial charge in [-0.05, 0) is 128 Å². The van der Waals surface area contributed by atoms with Crippen LogP contribution < -0.4 is 10.6 Å². The van der Waals surface area contributed by atoms with Crippen molar-refractivity contribution >= 4 is 69.1 Å². The zero-order valence-corrected chi connectivity index (χ0v) is 35.8. The molecule has 3 unspecified atom stereocenters. The minimum Gasteiger partial charge on any atom is -0.469 e. The van der Waals surface area contributed by atoms with Gasteiger partial charge in [0.05, 0.1) is 53.9 Å². The molecule has 1 aliphatic carbocycles. The van der Waals surface area contributed by atoms with Crippen LogP contribution in [0.25, 0.3) is 39.3 Å². The smallest absolute Gasteiger partial charge is 0.305 e. The number of carbonyl (C=O) groups is 4. The van der Waals surface area contributed by atoms with E-state index in [2.05, 4.69) is 61.6 Å². The summed E-state index contributed by atoms with van der Waals surface area (Å²) in [6, 6.07) is 11.2. The Kier molecular flexibility index (Phi) is 9.96. The van der Waals surface area contributed by atoms with Gasteiger partial charge >= 0.3 is 11.9 Å². The number of nitrogens with one attached hydrogen (secondary N) is 2. The van der Waals surface area contributed by atoms with E-state index >= 15 is 0 Å². The van der Waals surface area contributed by atoms with E-state index in [1.54, 1.807) is 6.07 Å². The lowest BCUT2D eigenvalue weighted by atomic mass is 9.49. The van der Waals surface area contributed by atoms with Crippen LogP contribution in [0.3, 0.4) is 0 Å². The van der Waals surface area contributed by atoms with Gasteiger partial charge in [-0.25, -0.2) is 4.98 Å². The molecule has 4 N–H and O–H groups in total. The van der Waals surface area contributed by atoms with E-state index in [-0.39, 0.29) is 25.2 Å². The van der Waals surface area contributed by atoms with Crippen LogP contribution in [0, 0.1) is 13.8 Å². The van der Waals surface area contributed by atoms with E-state index in [1.165, 1.54) is 19.8 Å². The maximum Gasteiger partial charge on any atom is 0.305 e. The highest BCUT2D eigenvalue weighted by atomic mass is 16.5. The summed E-state index contributed by atoms with van der Waals surface area (Å²) in [5, 5.41) is 0. The van der Waals surface area contributed by atoms with Gasteiger partial charge in [0, 0.05) is 64.3 Å². The first kappa shape index (κ1) is 40.5. The van der Waals surface area contributed by atoms with E-state index in [0.29, 0.717) is 46.6 Å². The Labute approximate surface area is 349 Å². The van der Waals surface area contributed by atoms with Crippen molar-refractivity contribution in [2.75, 3.05) is 26.2 Å². The maximum atomic E-state index is 13.9. The molecule has 12 nitrogen and oxygen atoms in total. The third-order valence-electron chi connectivity index (χ3n) is 13.9. The minimum absolute atomic E-state index is 0.0111. The number of anilines is 1. The van der Waals surface area contributed by atoms with Crippen molar-refractivity contribution in [3.8, 4) is 0 Å². The average Bonchev–Trinajstić information content (AvgIpc) is 3.90. The highest BCUT2D eigenvalue weighted by molar-refractivity contribution is 6.04. The number of likely N-dealkylation sites (N-methyl/N-ethyl adjacent to an activating group) is 1. The number of rotatable bonds is 10. The third kappa shape index (κ3) is 5.70. The number of primary amides is 1. The molecular formula is C48H52N6O6. The fourth-order valence-electron chi connectivity index (χ4n) is 10.9. The number of ether oxygens (including phenoxy) is 2. The van der Waals surface area contributed by atoms with Gasteiger partial charge in [-0.1, -0.05) is 20.8 Å². The monoisotopic (exact) mass is 808 g/mol. The number of aromatic amines is 2. The van der Waals surface area contributed by atoms with Crippen LogP contribution >= 0.6 is 0 Å². The molecule has 1 amide bonds. The van der Waals surface area contributed by atoms with Gasteiger partial charge in [-0.2, -0.15) is 0 Å². The number of allylic oxidation sites excluding steroid dienone is 2. The lowest BCUT2D eigenvalue weighted by Crippen LogP contribution is -2.64. The number of aldehydes is 1. The molecule has 0 spiro atoms. The summed E-state index contributed by atoms with van der Waals surface area (Å²) in [6.45, 7) is 12.6. The van der Waals surface area contributed by atoms with Crippen LogP contribution in [0.5, 0.6) is 0 Å². The average molecular weight is 809 g/mol. The molecule has 4 aliphatic rings. The Morgan fingerprint density at radius 1 is 0.883 bits per heavy atom. The first-order valence-corrected chi connectivity index (χ1v) is 20.6. The lowest BCUT2D eigenvalue weighted by molar-refractivity contribution is -0.141. The van der Waals surface area contributed by atoms with Crippen molar-refractivity contribution in [1.82, 2.24) is 19.9 Å². The molecule has 12 heteroatoms. The maximum absolute atomic E-state index is 13.9. The lowest BCUT2D eigenvalue weighted by Gasteiger charge is -2.58. The number of benzene rings is 1. The molecule has 3 aliphatic heterocycles. The second-order valence-electron chi connectivity index (χ2n) is 16.6. The first-order chi connectivity index (χ1) is 28.7. The number of aryl methyl sites for hydroxylation is 4. The summed E-state index contributed by atoms with van der Waals surface area (Å²) >= 11 is 0. The van der Waals surface area contributed by atoms with E-state index in [9.17, 15) is 19.2 Å². The highest BCUT2D eigenvalue weighted by Crippen LogP contribution is 2.65. The van der Waals surface area contributed by atoms with Crippen molar-refractivity contribution in [2.24, 2.45) is 5.73 Å². The molecular weight excluding hydrogens is 757 g/mol. The molecule has 0 saturated heterocycles. The number of carbonyl (C=O) groups excluding carboxylic acids is 4. The molecule has 3 aromatic heterocycles. The van der Waals surface area contributed by atoms with E-state index in [0.717, 1.165) is 79.6 Å². The number of esters is 2. The van der Waals surface area contributed by atoms with Crippen molar-refractivity contribution in [1.29, 1.82) is 0 Å². The van der Waals surface area contributed by atoms with Crippen molar-refractivity contribution < 1.29 is 28.7 Å². The second-order valence-corrected chi connectivity index (χ2v) is 16.6. The fraction of sp³-hybridized carbons (Fsp3) is 0.375. The third-order valence-corrected chi connectivity index (χ3v) is 13.9. The van der Waals surface area contributed by atoms with E-state index < -0.39 is 28.7 Å². The van der Waals surface area contributed by atoms with Crippen molar-refractivity contribution in [3.05, 3.63) is 104 Å². The van der Waals surface area contributed by atoms with Crippen LogP contribution in [0.15, 0.2) is 42.0 Å². The molecule has 0 saturated carbocycles.